The van der Waals surface area contributed by atoms with Crippen LogP contribution in [0.4, 0.5) is 0 Å². The van der Waals surface area contributed by atoms with Crippen molar-refractivity contribution in [3.63, 3.8) is 0 Å². The van der Waals surface area contributed by atoms with Gasteiger partial charge in [-0.2, -0.15) is 5.10 Å². The molecule has 6 nitrogen and oxygen atoms in total. The Morgan fingerprint density at radius 2 is 2.35 bits per heavy atom. The van der Waals surface area contributed by atoms with Crippen LogP contribution in [0.2, 0.25) is 0 Å². The molecule has 0 unspecified atom stereocenters. The van der Waals surface area contributed by atoms with Crippen molar-refractivity contribution in [1.82, 2.24) is 19.3 Å². The van der Waals surface area contributed by atoms with Gasteiger partial charge >= 0.3 is 5.97 Å². The van der Waals surface area contributed by atoms with Gasteiger partial charge in [0.05, 0.1) is 31.2 Å². The number of carbonyl (C=O) groups is 1. The van der Waals surface area contributed by atoms with Gasteiger partial charge in [-0.15, -0.1) is 0 Å². The fraction of sp³-hybridized carbons (Fsp3) is 0.364. The van der Waals surface area contributed by atoms with Crippen LogP contribution in [0.15, 0.2) is 31.1 Å². The topological polar surface area (TPSA) is 61.9 Å². The Morgan fingerprint density at radius 1 is 1.47 bits per heavy atom. The van der Waals surface area contributed by atoms with Crippen molar-refractivity contribution in [2.45, 2.75) is 20.0 Å². The first-order valence-corrected chi connectivity index (χ1v) is 5.45. The van der Waals surface area contributed by atoms with Crippen LogP contribution in [0.5, 0.6) is 0 Å². The van der Waals surface area contributed by atoms with E-state index in [9.17, 15) is 4.79 Å². The minimum Gasteiger partial charge on any atom is -0.462 e. The predicted octanol–water partition coefficient (Wildman–Crippen LogP) is 0.956. The average molecular weight is 234 g/mol. The molecule has 6 heteroatoms. The first-order valence-electron chi connectivity index (χ1n) is 5.45. The molecular formula is C11H14N4O2. The number of esters is 1. The van der Waals surface area contributed by atoms with E-state index in [0.29, 0.717) is 18.7 Å². The maximum Gasteiger partial charge on any atom is 0.341 e. The zero-order valence-corrected chi connectivity index (χ0v) is 9.61. The smallest absolute Gasteiger partial charge is 0.341 e. The van der Waals surface area contributed by atoms with Crippen LogP contribution in [0, 0.1) is 0 Å². The fourth-order valence-electron chi connectivity index (χ4n) is 1.44. The lowest BCUT2D eigenvalue weighted by molar-refractivity contribution is 0.0526. The van der Waals surface area contributed by atoms with Crippen LogP contribution in [0.1, 0.15) is 17.3 Å². The maximum atomic E-state index is 11.4. The van der Waals surface area contributed by atoms with Crippen molar-refractivity contribution >= 4 is 5.97 Å². The van der Waals surface area contributed by atoms with Gasteiger partial charge in [0.2, 0.25) is 0 Å². The highest BCUT2D eigenvalue weighted by molar-refractivity contribution is 5.88. The molecule has 0 aliphatic carbocycles. The number of imidazole rings is 1. The third-order valence-corrected chi connectivity index (χ3v) is 2.29. The van der Waals surface area contributed by atoms with Gasteiger partial charge in [-0.3, -0.25) is 4.68 Å². The van der Waals surface area contributed by atoms with Crippen LogP contribution in [-0.2, 0) is 17.8 Å². The molecule has 0 saturated carbocycles. The molecule has 0 aliphatic rings. The van der Waals surface area contributed by atoms with E-state index in [-0.39, 0.29) is 5.97 Å². The molecule has 17 heavy (non-hydrogen) atoms. The molecule has 0 saturated heterocycles. The van der Waals surface area contributed by atoms with E-state index in [0.717, 1.165) is 6.54 Å². The van der Waals surface area contributed by atoms with Crippen molar-refractivity contribution < 1.29 is 9.53 Å². The monoisotopic (exact) mass is 234 g/mol. The number of rotatable bonds is 5. The van der Waals surface area contributed by atoms with Gasteiger partial charge in [0.15, 0.2) is 0 Å². The molecular weight excluding hydrogens is 220 g/mol. The van der Waals surface area contributed by atoms with Crippen LogP contribution in [-0.4, -0.2) is 31.9 Å². The molecule has 2 heterocycles. The summed E-state index contributed by atoms with van der Waals surface area (Å²) in [4.78, 5) is 15.4. The molecule has 2 rings (SSSR count). The summed E-state index contributed by atoms with van der Waals surface area (Å²) in [6.45, 7) is 3.61. The lowest BCUT2D eigenvalue weighted by Crippen LogP contribution is -2.07. The van der Waals surface area contributed by atoms with Crippen LogP contribution in [0.25, 0.3) is 0 Å². The molecule has 90 valence electrons. The molecule has 0 N–H and O–H groups in total. The third-order valence-electron chi connectivity index (χ3n) is 2.29. The number of hydrogen-bond donors (Lipinski definition) is 0. The van der Waals surface area contributed by atoms with E-state index in [2.05, 4.69) is 10.1 Å². The Bertz CT molecular complexity index is 475. The third kappa shape index (κ3) is 2.93. The molecule has 0 bridgehead atoms. The average Bonchev–Trinajstić information content (AvgIpc) is 2.98. The Balaban J connectivity index is 1.92. The van der Waals surface area contributed by atoms with Gasteiger partial charge in [0.1, 0.15) is 0 Å². The molecule has 0 amide bonds. The van der Waals surface area contributed by atoms with Crippen LogP contribution >= 0.6 is 0 Å². The predicted molar refractivity (Wildman–Crippen MR) is 60.4 cm³/mol. The van der Waals surface area contributed by atoms with E-state index in [1.165, 1.54) is 6.20 Å². The first kappa shape index (κ1) is 11.4. The second-order valence-corrected chi connectivity index (χ2v) is 3.51. The quantitative estimate of drug-likeness (QED) is 0.723. The van der Waals surface area contributed by atoms with Crippen molar-refractivity contribution in [3.05, 3.63) is 36.7 Å². The number of hydrogen-bond acceptors (Lipinski definition) is 4. The van der Waals surface area contributed by atoms with E-state index in [4.69, 9.17) is 4.74 Å². The van der Waals surface area contributed by atoms with Gasteiger partial charge in [0, 0.05) is 25.1 Å². The molecule has 0 fully saturated rings. The highest BCUT2D eigenvalue weighted by Gasteiger charge is 2.08. The zero-order valence-electron chi connectivity index (χ0n) is 9.61. The minimum absolute atomic E-state index is 0.332. The van der Waals surface area contributed by atoms with Gasteiger partial charge in [-0.1, -0.05) is 0 Å². The maximum absolute atomic E-state index is 11.4. The van der Waals surface area contributed by atoms with Gasteiger partial charge in [-0.05, 0) is 6.92 Å². The van der Waals surface area contributed by atoms with Crippen LogP contribution in [0.3, 0.4) is 0 Å². The van der Waals surface area contributed by atoms with Crippen molar-refractivity contribution in [3.8, 4) is 0 Å². The summed E-state index contributed by atoms with van der Waals surface area (Å²) in [7, 11) is 0. The van der Waals surface area contributed by atoms with E-state index < -0.39 is 0 Å². The number of nitrogens with zero attached hydrogens (tertiary/aromatic N) is 4. The molecule has 0 aromatic carbocycles. The Kier molecular flexibility index (Phi) is 3.54. The SMILES string of the molecule is CCOC(=O)c1cnn(CCn2ccnc2)c1. The molecule has 0 aliphatic heterocycles. The Hall–Kier alpha value is -2.11. The largest absolute Gasteiger partial charge is 0.462 e. The standard InChI is InChI=1S/C11H14N4O2/c1-2-17-11(16)10-7-13-15(8-10)6-5-14-4-3-12-9-14/h3-4,7-9H,2,5-6H2,1H3. The summed E-state index contributed by atoms with van der Waals surface area (Å²) in [6.07, 6.45) is 8.57. The molecule has 0 radical (unpaired) electrons. The summed E-state index contributed by atoms with van der Waals surface area (Å²) in [5.41, 5.74) is 0.484. The minimum atomic E-state index is -0.332. The van der Waals surface area contributed by atoms with Crippen molar-refractivity contribution in [2.24, 2.45) is 0 Å². The summed E-state index contributed by atoms with van der Waals surface area (Å²) < 4.78 is 8.55. The number of aromatic nitrogens is 4. The molecule has 2 aromatic heterocycles. The summed E-state index contributed by atoms with van der Waals surface area (Å²) >= 11 is 0. The Labute approximate surface area is 98.8 Å². The summed E-state index contributed by atoms with van der Waals surface area (Å²) in [5.74, 6) is -0.332. The number of aryl methyl sites for hydroxylation is 2. The normalized spacial score (nSPS) is 10.4. The van der Waals surface area contributed by atoms with Crippen molar-refractivity contribution in [1.29, 1.82) is 0 Å². The highest BCUT2D eigenvalue weighted by Crippen LogP contribution is 2.01. The summed E-state index contributed by atoms with van der Waals surface area (Å²) in [6, 6.07) is 0. The second-order valence-electron chi connectivity index (χ2n) is 3.51. The zero-order chi connectivity index (χ0) is 12.1. The molecule has 2 aromatic rings. The molecule has 0 atom stereocenters. The van der Waals surface area contributed by atoms with Gasteiger partial charge in [-0.25, -0.2) is 9.78 Å². The summed E-state index contributed by atoms with van der Waals surface area (Å²) in [5, 5.41) is 4.10. The lowest BCUT2D eigenvalue weighted by atomic mass is 10.4. The van der Waals surface area contributed by atoms with Gasteiger partial charge < -0.3 is 9.30 Å². The van der Waals surface area contributed by atoms with E-state index >= 15 is 0 Å². The fourth-order valence-corrected chi connectivity index (χ4v) is 1.44. The van der Waals surface area contributed by atoms with Crippen LogP contribution < -0.4 is 0 Å². The highest BCUT2D eigenvalue weighted by atomic mass is 16.5. The number of carbonyl (C=O) groups excluding carboxylic acids is 1. The van der Waals surface area contributed by atoms with Crippen molar-refractivity contribution in [2.75, 3.05) is 6.61 Å². The van der Waals surface area contributed by atoms with E-state index in [1.54, 1.807) is 30.3 Å². The van der Waals surface area contributed by atoms with Gasteiger partial charge in [0.25, 0.3) is 0 Å². The Morgan fingerprint density at radius 3 is 3.06 bits per heavy atom. The molecule has 0 spiro atoms. The lowest BCUT2D eigenvalue weighted by Gasteiger charge is -2.01. The second kappa shape index (κ2) is 5.29. The van der Waals surface area contributed by atoms with E-state index in [1.807, 2.05) is 10.8 Å². The first-order chi connectivity index (χ1) is 8.29. The number of ether oxygens (including phenoxy) is 1.